The largest absolute Gasteiger partial charge is 0.356 e. The number of ketones is 2. The fourth-order valence-corrected chi connectivity index (χ4v) is 3.54. The number of aryl methyl sites for hydroxylation is 3. The van der Waals surface area contributed by atoms with Gasteiger partial charge in [-0.15, -0.1) is 0 Å². The summed E-state index contributed by atoms with van der Waals surface area (Å²) < 4.78 is 0. The third-order valence-electron chi connectivity index (χ3n) is 4.49. The van der Waals surface area contributed by atoms with Crippen LogP contribution in [0.5, 0.6) is 0 Å². The number of carbonyl (C=O) groups is 3. The molecule has 0 radical (unpaired) electrons. The van der Waals surface area contributed by atoms with E-state index in [4.69, 9.17) is 0 Å². The molecule has 4 nitrogen and oxygen atoms in total. The first-order valence-electron chi connectivity index (χ1n) is 8.26. The average Bonchev–Trinajstić information content (AvgIpc) is 2.72. The lowest BCUT2D eigenvalue weighted by atomic mass is 9.86. The van der Waals surface area contributed by atoms with Gasteiger partial charge in [0, 0.05) is 25.3 Å². The molecule has 0 spiro atoms. The van der Waals surface area contributed by atoms with Gasteiger partial charge < -0.3 is 5.32 Å². The Balaban J connectivity index is 2.21. The fraction of sp³-hybridized carbons (Fsp3) is 0.526. The molecule has 1 saturated carbocycles. The molecule has 1 aliphatic rings. The Morgan fingerprint density at radius 2 is 1.78 bits per heavy atom. The van der Waals surface area contributed by atoms with Gasteiger partial charge in [-0.25, -0.2) is 0 Å². The van der Waals surface area contributed by atoms with Crippen molar-refractivity contribution in [2.24, 2.45) is 5.92 Å². The Labute approximate surface area is 137 Å². The molecular formula is C19H25NO3. The predicted octanol–water partition coefficient (Wildman–Crippen LogP) is 2.77. The smallest absolute Gasteiger partial charge is 0.220 e. The van der Waals surface area contributed by atoms with E-state index in [9.17, 15) is 14.4 Å². The maximum Gasteiger partial charge on any atom is 0.220 e. The molecular weight excluding hydrogens is 290 g/mol. The zero-order chi connectivity index (χ0) is 17.1. The van der Waals surface area contributed by atoms with E-state index in [0.29, 0.717) is 6.54 Å². The Bertz CT molecular complexity index is 625. The molecule has 1 fully saturated rings. The molecule has 2 rings (SSSR count). The lowest BCUT2D eigenvalue weighted by molar-refractivity contribution is -0.128. The Hall–Kier alpha value is -1.97. The topological polar surface area (TPSA) is 63.2 Å². The van der Waals surface area contributed by atoms with Gasteiger partial charge in [-0.05, 0) is 43.9 Å². The number of carbonyl (C=O) groups excluding carboxylic acids is 3. The van der Waals surface area contributed by atoms with E-state index in [1.807, 2.05) is 39.8 Å². The van der Waals surface area contributed by atoms with Crippen molar-refractivity contribution >= 4 is 17.5 Å². The lowest BCUT2D eigenvalue weighted by Gasteiger charge is -2.16. The molecule has 0 aromatic heterocycles. The SMILES string of the molecule is CCCNC(=O)CC1CC(=O)C(c2c(C)cc(C)cc2C)C1=O. The molecule has 1 amide bonds. The van der Waals surface area contributed by atoms with Gasteiger partial charge in [0.1, 0.15) is 11.7 Å². The van der Waals surface area contributed by atoms with Crippen molar-refractivity contribution in [3.05, 3.63) is 34.4 Å². The number of nitrogens with one attached hydrogen (secondary N) is 1. The second-order valence-electron chi connectivity index (χ2n) is 6.57. The molecule has 124 valence electrons. The molecule has 4 heteroatoms. The molecule has 2 unspecified atom stereocenters. The second kappa shape index (κ2) is 7.07. The van der Waals surface area contributed by atoms with Crippen molar-refractivity contribution in [3.63, 3.8) is 0 Å². The summed E-state index contributed by atoms with van der Waals surface area (Å²) in [6.07, 6.45) is 1.15. The van der Waals surface area contributed by atoms with E-state index in [2.05, 4.69) is 5.32 Å². The number of hydrogen-bond donors (Lipinski definition) is 1. The molecule has 0 bridgehead atoms. The Kier molecular flexibility index (Phi) is 5.34. The number of rotatable bonds is 5. The Morgan fingerprint density at radius 1 is 1.17 bits per heavy atom. The summed E-state index contributed by atoms with van der Waals surface area (Å²) in [5.41, 5.74) is 3.91. The van der Waals surface area contributed by atoms with Crippen LogP contribution in [-0.2, 0) is 14.4 Å². The van der Waals surface area contributed by atoms with Gasteiger partial charge in [0.25, 0.3) is 0 Å². The lowest BCUT2D eigenvalue weighted by Crippen LogP contribution is -2.28. The van der Waals surface area contributed by atoms with E-state index in [1.165, 1.54) is 0 Å². The highest BCUT2D eigenvalue weighted by molar-refractivity contribution is 6.15. The van der Waals surface area contributed by atoms with E-state index in [0.717, 1.165) is 28.7 Å². The van der Waals surface area contributed by atoms with Crippen LogP contribution in [0.4, 0.5) is 0 Å². The fourth-order valence-electron chi connectivity index (χ4n) is 3.54. The van der Waals surface area contributed by atoms with Crippen LogP contribution in [0.2, 0.25) is 0 Å². The van der Waals surface area contributed by atoms with Gasteiger partial charge >= 0.3 is 0 Å². The predicted molar refractivity (Wildman–Crippen MR) is 89.4 cm³/mol. The zero-order valence-electron chi connectivity index (χ0n) is 14.4. The van der Waals surface area contributed by atoms with Gasteiger partial charge in [0.2, 0.25) is 5.91 Å². The summed E-state index contributed by atoms with van der Waals surface area (Å²) in [6.45, 7) is 8.47. The Morgan fingerprint density at radius 3 is 2.35 bits per heavy atom. The van der Waals surface area contributed by atoms with Crippen LogP contribution < -0.4 is 5.32 Å². The van der Waals surface area contributed by atoms with Crippen molar-refractivity contribution in [2.45, 2.75) is 52.9 Å². The third-order valence-corrected chi connectivity index (χ3v) is 4.49. The highest BCUT2D eigenvalue weighted by atomic mass is 16.2. The van der Waals surface area contributed by atoms with Crippen molar-refractivity contribution in [1.29, 1.82) is 0 Å². The van der Waals surface area contributed by atoms with Crippen LogP contribution in [0.25, 0.3) is 0 Å². The first kappa shape index (κ1) is 17.4. The normalized spacial score (nSPS) is 20.9. The van der Waals surface area contributed by atoms with Crippen molar-refractivity contribution in [2.75, 3.05) is 6.54 Å². The van der Waals surface area contributed by atoms with Gasteiger partial charge in [-0.1, -0.05) is 24.6 Å². The standard InChI is InChI=1S/C19H25NO3/c1-5-6-20-16(22)10-14-9-15(21)18(19(14)23)17-12(3)7-11(2)8-13(17)4/h7-8,14,18H,5-6,9-10H2,1-4H3,(H,20,22). The van der Waals surface area contributed by atoms with Gasteiger partial charge in [0.15, 0.2) is 5.78 Å². The molecule has 23 heavy (non-hydrogen) atoms. The minimum atomic E-state index is -0.695. The third kappa shape index (κ3) is 3.69. The summed E-state index contributed by atoms with van der Waals surface area (Å²) >= 11 is 0. The van der Waals surface area contributed by atoms with Crippen LogP contribution in [-0.4, -0.2) is 24.0 Å². The zero-order valence-corrected chi connectivity index (χ0v) is 14.4. The van der Waals surface area contributed by atoms with Gasteiger partial charge in [-0.3, -0.25) is 14.4 Å². The van der Waals surface area contributed by atoms with Gasteiger partial charge in [0.05, 0.1) is 0 Å². The maximum absolute atomic E-state index is 12.7. The van der Waals surface area contributed by atoms with E-state index in [-0.39, 0.29) is 30.3 Å². The van der Waals surface area contributed by atoms with Crippen molar-refractivity contribution in [1.82, 2.24) is 5.32 Å². The maximum atomic E-state index is 12.7. The quantitative estimate of drug-likeness (QED) is 0.850. The molecule has 0 aliphatic heterocycles. The number of hydrogen-bond acceptors (Lipinski definition) is 3. The number of benzene rings is 1. The summed E-state index contributed by atoms with van der Waals surface area (Å²) in [7, 11) is 0. The number of Topliss-reactive ketones (excluding diaryl/α,β-unsaturated/α-hetero) is 2. The minimum Gasteiger partial charge on any atom is -0.356 e. The number of amides is 1. The molecule has 2 atom stereocenters. The van der Waals surface area contributed by atoms with Crippen LogP contribution in [0.1, 0.15) is 54.4 Å². The average molecular weight is 315 g/mol. The van der Waals surface area contributed by atoms with E-state index < -0.39 is 11.8 Å². The van der Waals surface area contributed by atoms with Crippen LogP contribution in [0, 0.1) is 26.7 Å². The monoisotopic (exact) mass is 315 g/mol. The summed E-state index contributed by atoms with van der Waals surface area (Å²) in [4.78, 5) is 37.0. The molecule has 1 N–H and O–H groups in total. The highest BCUT2D eigenvalue weighted by Gasteiger charge is 2.43. The molecule has 1 aromatic carbocycles. The summed E-state index contributed by atoms with van der Waals surface area (Å²) in [5.74, 6) is -1.48. The highest BCUT2D eigenvalue weighted by Crippen LogP contribution is 2.37. The summed E-state index contributed by atoms with van der Waals surface area (Å²) in [6, 6.07) is 4.01. The molecule has 1 aromatic rings. The second-order valence-corrected chi connectivity index (χ2v) is 6.57. The van der Waals surface area contributed by atoms with Crippen molar-refractivity contribution < 1.29 is 14.4 Å². The van der Waals surface area contributed by atoms with Crippen molar-refractivity contribution in [3.8, 4) is 0 Å². The van der Waals surface area contributed by atoms with Crippen LogP contribution >= 0.6 is 0 Å². The van der Waals surface area contributed by atoms with Gasteiger partial charge in [-0.2, -0.15) is 0 Å². The van der Waals surface area contributed by atoms with Crippen LogP contribution in [0.3, 0.4) is 0 Å². The molecule has 0 heterocycles. The first-order valence-corrected chi connectivity index (χ1v) is 8.26. The van der Waals surface area contributed by atoms with Crippen LogP contribution in [0.15, 0.2) is 12.1 Å². The molecule has 1 aliphatic carbocycles. The van der Waals surface area contributed by atoms with E-state index in [1.54, 1.807) is 0 Å². The van der Waals surface area contributed by atoms with E-state index >= 15 is 0 Å². The summed E-state index contributed by atoms with van der Waals surface area (Å²) in [5, 5.41) is 2.78. The minimum absolute atomic E-state index is 0.0571. The first-order chi connectivity index (χ1) is 10.8. The molecule has 0 saturated heterocycles.